The number of nitrogens with zero attached hydrogens (tertiary/aromatic N) is 4. The molecule has 154 valence electrons. The van der Waals surface area contributed by atoms with Crippen LogP contribution in [0.1, 0.15) is 21.5 Å². The maximum absolute atomic E-state index is 12.0. The van der Waals surface area contributed by atoms with Crippen LogP contribution >= 0.6 is 0 Å². The van der Waals surface area contributed by atoms with Gasteiger partial charge in [-0.25, -0.2) is 0 Å². The summed E-state index contributed by atoms with van der Waals surface area (Å²) in [7, 11) is 5.36. The lowest BCUT2D eigenvalue weighted by molar-refractivity contribution is 0.0827. The van der Waals surface area contributed by atoms with Crippen molar-refractivity contribution in [2.75, 3.05) is 47.3 Å². The molecule has 6 heteroatoms. The van der Waals surface area contributed by atoms with Gasteiger partial charge in [0, 0.05) is 66.0 Å². The van der Waals surface area contributed by atoms with E-state index in [1.165, 1.54) is 5.56 Å². The molecule has 29 heavy (non-hydrogen) atoms. The number of carbonyl (C=O) groups is 1. The molecule has 2 aromatic carbocycles. The smallest absolute Gasteiger partial charge is 0.253 e. The van der Waals surface area contributed by atoms with E-state index in [9.17, 15) is 4.79 Å². The number of hydrogen-bond acceptors (Lipinski definition) is 3. The Morgan fingerprint density at radius 3 is 2.21 bits per heavy atom. The summed E-state index contributed by atoms with van der Waals surface area (Å²) in [6.45, 7) is 5.66. The summed E-state index contributed by atoms with van der Waals surface area (Å²) >= 11 is 0. The second kappa shape index (κ2) is 10.1. The molecule has 0 unspecified atom stereocenters. The van der Waals surface area contributed by atoms with E-state index in [0.717, 1.165) is 44.2 Å². The molecular formula is C23H31N5O. The van der Waals surface area contributed by atoms with Crippen LogP contribution in [-0.2, 0) is 13.1 Å². The minimum atomic E-state index is 0.0219. The van der Waals surface area contributed by atoms with Crippen LogP contribution in [0.5, 0.6) is 0 Å². The average molecular weight is 394 g/mol. The highest BCUT2D eigenvalue weighted by Gasteiger charge is 2.19. The average Bonchev–Trinajstić information content (AvgIpc) is 2.76. The van der Waals surface area contributed by atoms with Gasteiger partial charge in [-0.3, -0.25) is 14.7 Å². The van der Waals surface area contributed by atoms with E-state index >= 15 is 0 Å². The molecular weight excluding hydrogens is 362 g/mol. The van der Waals surface area contributed by atoms with Gasteiger partial charge in [-0.05, 0) is 23.3 Å². The first kappa shape index (κ1) is 20.9. The van der Waals surface area contributed by atoms with Gasteiger partial charge in [0.15, 0.2) is 5.96 Å². The molecule has 2 aromatic rings. The lowest BCUT2D eigenvalue weighted by Crippen LogP contribution is -2.52. The highest BCUT2D eigenvalue weighted by molar-refractivity contribution is 5.93. The standard InChI is InChI=1S/C23H31N5O/c1-24-23(25-17-19-9-11-21(12-10-19)22(29)26(2)3)28-15-13-27(14-16-28)18-20-7-5-4-6-8-20/h4-12H,13-18H2,1-3H3,(H,24,25). The normalized spacial score (nSPS) is 15.3. The van der Waals surface area contributed by atoms with Crippen LogP contribution in [0, 0.1) is 0 Å². The first-order chi connectivity index (χ1) is 14.1. The molecule has 0 saturated carbocycles. The van der Waals surface area contributed by atoms with Crippen molar-refractivity contribution < 1.29 is 4.79 Å². The third kappa shape index (κ3) is 5.81. The maximum Gasteiger partial charge on any atom is 0.253 e. The van der Waals surface area contributed by atoms with Crippen molar-refractivity contribution >= 4 is 11.9 Å². The first-order valence-electron chi connectivity index (χ1n) is 10.1. The minimum absolute atomic E-state index is 0.0219. The van der Waals surface area contributed by atoms with Crippen molar-refractivity contribution in [1.29, 1.82) is 0 Å². The number of nitrogens with one attached hydrogen (secondary N) is 1. The van der Waals surface area contributed by atoms with Crippen LogP contribution in [0.3, 0.4) is 0 Å². The van der Waals surface area contributed by atoms with Crippen LogP contribution in [0.25, 0.3) is 0 Å². The summed E-state index contributed by atoms with van der Waals surface area (Å²) in [5.74, 6) is 0.950. The molecule has 1 aliphatic heterocycles. The van der Waals surface area contributed by atoms with Gasteiger partial charge in [0.05, 0.1) is 0 Å². The van der Waals surface area contributed by atoms with E-state index in [2.05, 4.69) is 50.4 Å². The monoisotopic (exact) mass is 393 g/mol. The van der Waals surface area contributed by atoms with Gasteiger partial charge in [0.25, 0.3) is 5.91 Å². The number of hydrogen-bond donors (Lipinski definition) is 1. The number of aliphatic imine (C=N–C) groups is 1. The molecule has 1 fully saturated rings. The maximum atomic E-state index is 12.0. The van der Waals surface area contributed by atoms with E-state index in [-0.39, 0.29) is 5.91 Å². The van der Waals surface area contributed by atoms with Gasteiger partial charge in [0.2, 0.25) is 0 Å². The van der Waals surface area contributed by atoms with Crippen LogP contribution in [0.4, 0.5) is 0 Å². The first-order valence-corrected chi connectivity index (χ1v) is 10.1. The fourth-order valence-electron chi connectivity index (χ4n) is 3.50. The SMILES string of the molecule is CN=C(NCc1ccc(C(=O)N(C)C)cc1)N1CCN(Cc2ccccc2)CC1. The molecule has 0 atom stereocenters. The molecule has 1 saturated heterocycles. The fourth-order valence-corrected chi connectivity index (χ4v) is 3.50. The van der Waals surface area contributed by atoms with Gasteiger partial charge in [-0.2, -0.15) is 0 Å². The Bertz CT molecular complexity index is 809. The van der Waals surface area contributed by atoms with Gasteiger partial charge < -0.3 is 15.1 Å². The van der Waals surface area contributed by atoms with E-state index in [1.807, 2.05) is 31.3 Å². The third-order valence-corrected chi connectivity index (χ3v) is 5.19. The Morgan fingerprint density at radius 1 is 0.966 bits per heavy atom. The second-order valence-corrected chi connectivity index (χ2v) is 7.55. The number of rotatable bonds is 5. The molecule has 1 heterocycles. The predicted octanol–water partition coefficient (Wildman–Crippen LogP) is 2.28. The molecule has 0 bridgehead atoms. The van der Waals surface area contributed by atoms with Crippen molar-refractivity contribution in [2.24, 2.45) is 4.99 Å². The molecule has 1 amide bonds. The highest BCUT2D eigenvalue weighted by Crippen LogP contribution is 2.10. The number of piperazine rings is 1. The molecule has 0 spiro atoms. The summed E-state index contributed by atoms with van der Waals surface area (Å²) in [6, 6.07) is 18.4. The number of guanidine groups is 1. The topological polar surface area (TPSA) is 51.2 Å². The molecule has 1 N–H and O–H groups in total. The zero-order chi connectivity index (χ0) is 20.6. The van der Waals surface area contributed by atoms with E-state index in [4.69, 9.17) is 0 Å². The summed E-state index contributed by atoms with van der Waals surface area (Å²) in [5.41, 5.74) is 3.20. The number of amides is 1. The summed E-state index contributed by atoms with van der Waals surface area (Å²) in [5, 5.41) is 3.45. The van der Waals surface area contributed by atoms with Gasteiger partial charge >= 0.3 is 0 Å². The Hall–Kier alpha value is -2.86. The Balaban J connectivity index is 1.48. The molecule has 1 aliphatic rings. The van der Waals surface area contributed by atoms with E-state index < -0.39 is 0 Å². The quantitative estimate of drug-likeness (QED) is 0.626. The van der Waals surface area contributed by atoms with Crippen molar-refractivity contribution in [1.82, 2.24) is 20.0 Å². The van der Waals surface area contributed by atoms with Gasteiger partial charge in [-0.1, -0.05) is 42.5 Å². The molecule has 0 aromatic heterocycles. The van der Waals surface area contributed by atoms with E-state index in [0.29, 0.717) is 12.1 Å². The van der Waals surface area contributed by atoms with Crippen molar-refractivity contribution in [3.63, 3.8) is 0 Å². The Morgan fingerprint density at radius 2 is 1.62 bits per heavy atom. The highest BCUT2D eigenvalue weighted by atomic mass is 16.2. The minimum Gasteiger partial charge on any atom is -0.352 e. The zero-order valence-electron chi connectivity index (χ0n) is 17.6. The Labute approximate surface area is 173 Å². The lowest BCUT2D eigenvalue weighted by atomic mass is 10.1. The summed E-state index contributed by atoms with van der Waals surface area (Å²) < 4.78 is 0. The van der Waals surface area contributed by atoms with Crippen molar-refractivity contribution in [2.45, 2.75) is 13.1 Å². The van der Waals surface area contributed by atoms with Crippen LogP contribution in [0.15, 0.2) is 59.6 Å². The third-order valence-electron chi connectivity index (χ3n) is 5.19. The van der Waals surface area contributed by atoms with Crippen molar-refractivity contribution in [3.05, 3.63) is 71.3 Å². The van der Waals surface area contributed by atoms with Gasteiger partial charge in [-0.15, -0.1) is 0 Å². The van der Waals surface area contributed by atoms with Gasteiger partial charge in [0.1, 0.15) is 0 Å². The largest absolute Gasteiger partial charge is 0.352 e. The van der Waals surface area contributed by atoms with Crippen molar-refractivity contribution in [3.8, 4) is 0 Å². The number of benzene rings is 2. The number of carbonyl (C=O) groups excluding carboxylic acids is 1. The molecule has 0 aliphatic carbocycles. The lowest BCUT2D eigenvalue weighted by Gasteiger charge is -2.36. The summed E-state index contributed by atoms with van der Waals surface area (Å²) in [6.07, 6.45) is 0. The molecule has 3 rings (SSSR count). The second-order valence-electron chi connectivity index (χ2n) is 7.55. The van der Waals surface area contributed by atoms with E-state index in [1.54, 1.807) is 19.0 Å². The van der Waals surface area contributed by atoms with Crippen LogP contribution < -0.4 is 5.32 Å². The predicted molar refractivity (Wildman–Crippen MR) is 118 cm³/mol. The van der Waals surface area contributed by atoms with Crippen LogP contribution in [-0.4, -0.2) is 73.9 Å². The van der Waals surface area contributed by atoms with Crippen LogP contribution in [0.2, 0.25) is 0 Å². The fraction of sp³-hybridized carbons (Fsp3) is 0.391. The molecule has 0 radical (unpaired) electrons. The zero-order valence-corrected chi connectivity index (χ0v) is 17.6. The Kier molecular flexibility index (Phi) is 7.25. The summed E-state index contributed by atoms with van der Waals surface area (Å²) in [4.78, 5) is 22.8. The molecule has 6 nitrogen and oxygen atoms in total.